The monoisotopic (exact) mass is 403 g/mol. The molecule has 1 heterocycles. The van der Waals surface area contributed by atoms with E-state index in [9.17, 15) is 13.2 Å². The molecular formula is C13H14BrN3O5S. The van der Waals surface area contributed by atoms with E-state index in [0.717, 1.165) is 0 Å². The van der Waals surface area contributed by atoms with Gasteiger partial charge in [-0.2, -0.15) is 0 Å². The zero-order valence-corrected chi connectivity index (χ0v) is 14.6. The summed E-state index contributed by atoms with van der Waals surface area (Å²) in [5.74, 6) is -0.179. The van der Waals surface area contributed by atoms with Crippen LogP contribution in [-0.2, 0) is 10.0 Å². The van der Waals surface area contributed by atoms with Crippen molar-refractivity contribution in [3.8, 4) is 11.5 Å². The van der Waals surface area contributed by atoms with Crippen molar-refractivity contribution in [2.45, 2.75) is 4.90 Å². The maximum atomic E-state index is 12.3. The van der Waals surface area contributed by atoms with Gasteiger partial charge in [0.15, 0.2) is 0 Å². The molecule has 0 spiro atoms. The van der Waals surface area contributed by atoms with Gasteiger partial charge in [-0.1, -0.05) is 0 Å². The quantitative estimate of drug-likeness (QED) is 0.631. The van der Waals surface area contributed by atoms with Crippen molar-refractivity contribution in [2.24, 2.45) is 0 Å². The number of hydrazine groups is 1. The molecule has 1 aromatic heterocycles. The van der Waals surface area contributed by atoms with Crippen LogP contribution in [0.5, 0.6) is 11.5 Å². The van der Waals surface area contributed by atoms with Gasteiger partial charge in [-0.3, -0.25) is 10.2 Å². The van der Waals surface area contributed by atoms with Gasteiger partial charge in [0.25, 0.3) is 15.9 Å². The second-order valence-corrected chi connectivity index (χ2v) is 6.87. The molecule has 1 aromatic carbocycles. The van der Waals surface area contributed by atoms with Gasteiger partial charge in [0.1, 0.15) is 22.1 Å². The minimum Gasteiger partial charge on any atom is -0.497 e. The Balaban J connectivity index is 2.20. The van der Waals surface area contributed by atoms with Gasteiger partial charge in [-0.15, -0.1) is 4.83 Å². The van der Waals surface area contributed by atoms with E-state index in [1.807, 2.05) is 4.83 Å². The number of aromatic nitrogens is 1. The Labute approximate surface area is 141 Å². The van der Waals surface area contributed by atoms with Crippen LogP contribution < -0.4 is 19.7 Å². The largest absolute Gasteiger partial charge is 0.497 e. The molecule has 3 N–H and O–H groups in total. The third kappa shape index (κ3) is 4.03. The van der Waals surface area contributed by atoms with Crippen LogP contribution in [0.3, 0.4) is 0 Å². The number of sulfonamides is 1. The Morgan fingerprint density at radius 1 is 1.22 bits per heavy atom. The molecule has 10 heteroatoms. The molecular weight excluding hydrogens is 390 g/mol. The lowest BCUT2D eigenvalue weighted by Crippen LogP contribution is -2.41. The van der Waals surface area contributed by atoms with Crippen molar-refractivity contribution >= 4 is 31.9 Å². The number of carbonyl (C=O) groups is 1. The highest BCUT2D eigenvalue weighted by molar-refractivity contribution is 9.10. The number of methoxy groups -OCH3 is 2. The van der Waals surface area contributed by atoms with E-state index in [4.69, 9.17) is 9.47 Å². The number of aromatic amines is 1. The first-order valence-electron chi connectivity index (χ1n) is 6.25. The number of amides is 1. The van der Waals surface area contributed by atoms with Gasteiger partial charge < -0.3 is 14.5 Å². The van der Waals surface area contributed by atoms with E-state index in [2.05, 4.69) is 26.3 Å². The Bertz CT molecular complexity index is 819. The lowest BCUT2D eigenvalue weighted by Gasteiger charge is -2.12. The molecule has 0 bridgehead atoms. The predicted octanol–water partition coefficient (Wildman–Crippen LogP) is 1.42. The smallest absolute Gasteiger partial charge is 0.282 e. The summed E-state index contributed by atoms with van der Waals surface area (Å²) in [5.41, 5.74) is 2.31. The van der Waals surface area contributed by atoms with Crippen LogP contribution in [0.15, 0.2) is 39.8 Å². The van der Waals surface area contributed by atoms with E-state index >= 15 is 0 Å². The zero-order valence-electron chi connectivity index (χ0n) is 12.2. The van der Waals surface area contributed by atoms with E-state index in [-0.39, 0.29) is 16.3 Å². The first kappa shape index (κ1) is 17.3. The fraction of sp³-hybridized carbons (Fsp3) is 0.154. The fourth-order valence-corrected chi connectivity index (χ4v) is 3.10. The summed E-state index contributed by atoms with van der Waals surface area (Å²) in [7, 11) is -1.29. The maximum absolute atomic E-state index is 12.3. The normalized spacial score (nSPS) is 11.1. The number of nitrogens with one attached hydrogen (secondary N) is 3. The number of ether oxygens (including phenoxy) is 2. The molecule has 0 atom stereocenters. The lowest BCUT2D eigenvalue weighted by molar-refractivity contribution is 0.0940. The SMILES string of the molecule is COc1ccc(OC)c(S(=O)(=O)NNC(=O)c2cc(Br)c[nH]2)c1. The van der Waals surface area contributed by atoms with Crippen molar-refractivity contribution < 1.29 is 22.7 Å². The highest BCUT2D eigenvalue weighted by atomic mass is 79.9. The van der Waals surface area contributed by atoms with E-state index in [1.165, 1.54) is 32.4 Å². The number of H-pyrrole nitrogens is 1. The Hall–Kier alpha value is -2.04. The van der Waals surface area contributed by atoms with Crippen LogP contribution in [0, 0.1) is 0 Å². The Morgan fingerprint density at radius 2 is 1.96 bits per heavy atom. The molecule has 2 aromatic rings. The summed E-state index contributed by atoms with van der Waals surface area (Å²) < 4.78 is 35.4. The number of carbonyl (C=O) groups excluding carboxylic acids is 1. The molecule has 0 aliphatic carbocycles. The first-order valence-corrected chi connectivity index (χ1v) is 8.53. The third-order valence-electron chi connectivity index (χ3n) is 2.85. The topological polar surface area (TPSA) is 110 Å². The molecule has 1 amide bonds. The van der Waals surface area contributed by atoms with Gasteiger partial charge in [-0.25, -0.2) is 8.42 Å². The molecule has 23 heavy (non-hydrogen) atoms. The van der Waals surface area contributed by atoms with Crippen LogP contribution in [0.4, 0.5) is 0 Å². The molecule has 124 valence electrons. The molecule has 0 fully saturated rings. The molecule has 0 saturated heterocycles. The van der Waals surface area contributed by atoms with Crippen LogP contribution >= 0.6 is 15.9 Å². The van der Waals surface area contributed by atoms with Crippen LogP contribution in [0.25, 0.3) is 0 Å². The summed E-state index contributed by atoms with van der Waals surface area (Å²) in [6, 6.07) is 5.82. The van der Waals surface area contributed by atoms with Crippen molar-refractivity contribution in [3.05, 3.63) is 40.6 Å². The number of benzene rings is 1. The second-order valence-electron chi connectivity index (χ2n) is 4.31. The van der Waals surface area contributed by atoms with Gasteiger partial charge in [-0.05, 0) is 34.1 Å². The van der Waals surface area contributed by atoms with E-state index < -0.39 is 15.9 Å². The predicted molar refractivity (Wildman–Crippen MR) is 85.8 cm³/mol. The first-order chi connectivity index (χ1) is 10.9. The molecule has 2 rings (SSSR count). The van der Waals surface area contributed by atoms with Crippen LogP contribution in [0.2, 0.25) is 0 Å². The minimum atomic E-state index is -4.04. The Morgan fingerprint density at radius 3 is 2.52 bits per heavy atom. The highest BCUT2D eigenvalue weighted by Gasteiger charge is 2.21. The van der Waals surface area contributed by atoms with Crippen LogP contribution in [0.1, 0.15) is 10.5 Å². The molecule has 0 radical (unpaired) electrons. The standard InChI is InChI=1S/C13H14BrN3O5S/c1-21-9-3-4-11(22-2)12(6-9)23(19,20)17-16-13(18)10-5-8(14)7-15-10/h3-7,15,17H,1-2H3,(H,16,18). The molecule has 0 aliphatic heterocycles. The van der Waals surface area contributed by atoms with E-state index in [1.54, 1.807) is 12.3 Å². The van der Waals surface area contributed by atoms with Crippen molar-refractivity contribution in [2.75, 3.05) is 14.2 Å². The maximum Gasteiger partial charge on any atom is 0.282 e. The van der Waals surface area contributed by atoms with Gasteiger partial charge in [0, 0.05) is 16.7 Å². The average Bonchev–Trinajstić information content (AvgIpc) is 2.98. The van der Waals surface area contributed by atoms with Gasteiger partial charge in [0.2, 0.25) is 0 Å². The number of hydrogen-bond acceptors (Lipinski definition) is 5. The van der Waals surface area contributed by atoms with Crippen molar-refractivity contribution in [1.29, 1.82) is 0 Å². The van der Waals surface area contributed by atoms with E-state index in [0.29, 0.717) is 10.2 Å². The lowest BCUT2D eigenvalue weighted by atomic mass is 10.3. The van der Waals surface area contributed by atoms with Gasteiger partial charge in [0.05, 0.1) is 14.2 Å². The summed E-state index contributed by atoms with van der Waals surface area (Å²) in [5, 5.41) is 0. The summed E-state index contributed by atoms with van der Waals surface area (Å²) >= 11 is 3.18. The molecule has 0 saturated carbocycles. The van der Waals surface area contributed by atoms with Gasteiger partial charge >= 0.3 is 0 Å². The highest BCUT2D eigenvalue weighted by Crippen LogP contribution is 2.27. The third-order valence-corrected chi connectivity index (χ3v) is 4.58. The van der Waals surface area contributed by atoms with Crippen LogP contribution in [-0.4, -0.2) is 33.5 Å². The summed E-state index contributed by atoms with van der Waals surface area (Å²) in [4.78, 5) is 16.4. The number of hydrogen-bond donors (Lipinski definition) is 3. The average molecular weight is 404 g/mol. The summed E-state index contributed by atoms with van der Waals surface area (Å²) in [6.07, 6.45) is 1.55. The molecule has 0 unspecified atom stereocenters. The number of rotatable bonds is 6. The summed E-state index contributed by atoms with van der Waals surface area (Å²) in [6.45, 7) is 0. The molecule has 0 aliphatic rings. The number of halogens is 1. The van der Waals surface area contributed by atoms with Crippen molar-refractivity contribution in [3.63, 3.8) is 0 Å². The zero-order chi connectivity index (χ0) is 17.0. The van der Waals surface area contributed by atoms with Crippen molar-refractivity contribution in [1.82, 2.24) is 15.2 Å². The fourth-order valence-electron chi connectivity index (χ4n) is 1.73. The minimum absolute atomic E-state index is 0.121. The Kier molecular flexibility index (Phi) is 5.29. The second kappa shape index (κ2) is 7.02. The molecule has 8 nitrogen and oxygen atoms in total.